The fraction of sp³-hybridized carbons (Fsp3) is 0.316. The van der Waals surface area contributed by atoms with Crippen molar-refractivity contribution in [2.45, 2.75) is 24.7 Å². The lowest BCUT2D eigenvalue weighted by atomic mass is 9.98. The van der Waals surface area contributed by atoms with Crippen LogP contribution in [0.1, 0.15) is 18.4 Å². The van der Waals surface area contributed by atoms with Crippen molar-refractivity contribution in [1.29, 1.82) is 0 Å². The van der Waals surface area contributed by atoms with E-state index >= 15 is 0 Å². The topological polar surface area (TPSA) is 92.5 Å². The third kappa shape index (κ3) is 4.80. The van der Waals surface area contributed by atoms with Crippen LogP contribution in [0.5, 0.6) is 0 Å². The van der Waals surface area contributed by atoms with E-state index in [0.29, 0.717) is 30.8 Å². The predicted octanol–water partition coefficient (Wildman–Crippen LogP) is 3.04. The maximum absolute atomic E-state index is 12.8. The fourth-order valence-corrected chi connectivity index (χ4v) is 4.67. The van der Waals surface area contributed by atoms with Crippen LogP contribution in [0.15, 0.2) is 53.4 Å². The lowest BCUT2D eigenvalue weighted by molar-refractivity contribution is -0.120. The number of benzene rings is 2. The highest BCUT2D eigenvalue weighted by Crippen LogP contribution is 2.26. The molecule has 0 spiro atoms. The summed E-state index contributed by atoms with van der Waals surface area (Å²) in [4.78, 5) is 12.9. The van der Waals surface area contributed by atoms with Crippen LogP contribution >= 0.6 is 12.4 Å². The quantitative estimate of drug-likeness (QED) is 0.759. The number of nitrogen functional groups attached to an aromatic ring is 1. The van der Waals surface area contributed by atoms with Crippen molar-refractivity contribution in [3.63, 3.8) is 0 Å². The minimum Gasteiger partial charge on any atom is -0.399 e. The molecule has 146 valence electrons. The van der Waals surface area contributed by atoms with Gasteiger partial charge in [-0.3, -0.25) is 4.79 Å². The van der Waals surface area contributed by atoms with E-state index in [1.165, 1.54) is 4.31 Å². The molecule has 1 amide bonds. The SMILES string of the molecule is Cc1ccc(N)cc1NC(=O)C1CCCN(S(=O)(=O)c2ccccc2)C1.Cl. The molecule has 1 fully saturated rings. The zero-order valence-corrected chi connectivity index (χ0v) is 16.7. The van der Waals surface area contributed by atoms with Crippen molar-refractivity contribution < 1.29 is 13.2 Å². The first-order valence-electron chi connectivity index (χ1n) is 8.60. The number of carbonyl (C=O) groups excluding carboxylic acids is 1. The molecule has 3 N–H and O–H groups in total. The third-order valence-electron chi connectivity index (χ3n) is 4.66. The van der Waals surface area contributed by atoms with E-state index in [1.54, 1.807) is 42.5 Å². The van der Waals surface area contributed by atoms with Gasteiger partial charge in [-0.25, -0.2) is 8.42 Å². The number of anilines is 2. The van der Waals surface area contributed by atoms with E-state index < -0.39 is 10.0 Å². The van der Waals surface area contributed by atoms with Gasteiger partial charge in [-0.1, -0.05) is 24.3 Å². The lowest BCUT2D eigenvalue weighted by Gasteiger charge is -2.31. The summed E-state index contributed by atoms with van der Waals surface area (Å²) in [6.07, 6.45) is 1.31. The van der Waals surface area contributed by atoms with Crippen molar-refractivity contribution in [3.8, 4) is 0 Å². The molecule has 6 nitrogen and oxygen atoms in total. The van der Waals surface area contributed by atoms with E-state index in [2.05, 4.69) is 5.32 Å². The van der Waals surface area contributed by atoms with E-state index in [-0.39, 0.29) is 35.7 Å². The monoisotopic (exact) mass is 409 g/mol. The first-order valence-corrected chi connectivity index (χ1v) is 10.0. The minimum absolute atomic E-state index is 0. The number of nitrogens with one attached hydrogen (secondary N) is 1. The van der Waals surface area contributed by atoms with Gasteiger partial charge in [0.2, 0.25) is 15.9 Å². The van der Waals surface area contributed by atoms with Crippen LogP contribution < -0.4 is 11.1 Å². The number of aryl methyl sites for hydroxylation is 1. The van der Waals surface area contributed by atoms with Gasteiger partial charge in [0.05, 0.1) is 10.8 Å². The summed E-state index contributed by atoms with van der Waals surface area (Å²) in [5.41, 5.74) is 7.94. The van der Waals surface area contributed by atoms with Crippen molar-refractivity contribution >= 4 is 39.7 Å². The molecule has 0 aromatic heterocycles. The number of nitrogens with zero attached hydrogens (tertiary/aromatic N) is 1. The Balaban J connectivity index is 0.00000261. The standard InChI is InChI=1S/C19H23N3O3S.ClH/c1-14-9-10-16(20)12-18(14)21-19(23)15-6-5-11-22(13-15)26(24,25)17-7-3-2-4-8-17;/h2-4,7-10,12,15H,5-6,11,13,20H2,1H3,(H,21,23);1H. The zero-order chi connectivity index (χ0) is 18.7. The maximum atomic E-state index is 12.8. The largest absolute Gasteiger partial charge is 0.399 e. The molecule has 0 radical (unpaired) electrons. The number of hydrogen-bond donors (Lipinski definition) is 2. The normalized spacial score (nSPS) is 17.7. The van der Waals surface area contributed by atoms with Crippen LogP contribution in [0.2, 0.25) is 0 Å². The molecule has 1 unspecified atom stereocenters. The second-order valence-corrected chi connectivity index (χ2v) is 8.52. The Hall–Kier alpha value is -2.09. The van der Waals surface area contributed by atoms with E-state index in [1.807, 2.05) is 13.0 Å². The summed E-state index contributed by atoms with van der Waals surface area (Å²) in [6.45, 7) is 2.50. The van der Waals surface area contributed by atoms with Crippen LogP contribution in [-0.2, 0) is 14.8 Å². The summed E-state index contributed by atoms with van der Waals surface area (Å²) in [7, 11) is -3.58. The number of sulfonamides is 1. The van der Waals surface area contributed by atoms with Crippen LogP contribution in [-0.4, -0.2) is 31.7 Å². The van der Waals surface area contributed by atoms with Crippen molar-refractivity contribution in [2.75, 3.05) is 24.1 Å². The van der Waals surface area contributed by atoms with Gasteiger partial charge in [0.25, 0.3) is 0 Å². The molecule has 27 heavy (non-hydrogen) atoms. The number of nitrogens with two attached hydrogens (primary N) is 1. The van der Waals surface area contributed by atoms with E-state index in [0.717, 1.165) is 5.56 Å². The molecule has 0 saturated carbocycles. The minimum atomic E-state index is -3.58. The fourth-order valence-electron chi connectivity index (χ4n) is 3.13. The summed E-state index contributed by atoms with van der Waals surface area (Å²) in [5, 5.41) is 2.89. The van der Waals surface area contributed by atoms with Crippen molar-refractivity contribution in [2.24, 2.45) is 5.92 Å². The number of piperidine rings is 1. The number of hydrogen-bond acceptors (Lipinski definition) is 4. The Morgan fingerprint density at radius 2 is 1.89 bits per heavy atom. The third-order valence-corrected chi connectivity index (χ3v) is 6.53. The number of amides is 1. The van der Waals surface area contributed by atoms with Gasteiger partial charge in [-0.05, 0) is 49.6 Å². The van der Waals surface area contributed by atoms with Gasteiger partial charge in [0.15, 0.2) is 0 Å². The van der Waals surface area contributed by atoms with Gasteiger partial charge in [0.1, 0.15) is 0 Å². The van der Waals surface area contributed by atoms with E-state index in [4.69, 9.17) is 5.73 Å². The Morgan fingerprint density at radius 3 is 2.59 bits per heavy atom. The van der Waals surface area contributed by atoms with Crippen molar-refractivity contribution in [1.82, 2.24) is 4.31 Å². The van der Waals surface area contributed by atoms with E-state index in [9.17, 15) is 13.2 Å². The van der Waals surface area contributed by atoms with Crippen molar-refractivity contribution in [3.05, 3.63) is 54.1 Å². The molecule has 0 bridgehead atoms. The van der Waals surface area contributed by atoms with Crippen LogP contribution in [0.3, 0.4) is 0 Å². The van der Waals surface area contributed by atoms with Gasteiger partial charge < -0.3 is 11.1 Å². The molecule has 2 aromatic carbocycles. The highest BCUT2D eigenvalue weighted by Gasteiger charge is 2.33. The molecule has 0 aliphatic carbocycles. The molecule has 1 saturated heterocycles. The number of rotatable bonds is 4. The Kier molecular flexibility index (Phi) is 6.86. The Morgan fingerprint density at radius 1 is 1.19 bits per heavy atom. The second kappa shape index (κ2) is 8.73. The molecule has 3 rings (SSSR count). The van der Waals surface area contributed by atoms with Gasteiger partial charge >= 0.3 is 0 Å². The van der Waals surface area contributed by atoms with Gasteiger partial charge in [0, 0.05) is 24.5 Å². The van der Waals surface area contributed by atoms with Gasteiger partial charge in [-0.2, -0.15) is 4.31 Å². The predicted molar refractivity (Wildman–Crippen MR) is 109 cm³/mol. The molecule has 1 heterocycles. The zero-order valence-electron chi connectivity index (χ0n) is 15.1. The summed E-state index contributed by atoms with van der Waals surface area (Å²) in [6, 6.07) is 13.7. The molecule has 8 heteroatoms. The first-order chi connectivity index (χ1) is 12.4. The number of carbonyl (C=O) groups is 1. The summed E-state index contributed by atoms with van der Waals surface area (Å²) >= 11 is 0. The van der Waals surface area contributed by atoms with Crippen LogP contribution in [0.25, 0.3) is 0 Å². The van der Waals surface area contributed by atoms with Crippen LogP contribution in [0, 0.1) is 12.8 Å². The summed E-state index contributed by atoms with van der Waals surface area (Å²) < 4.78 is 27.0. The Bertz CT molecular complexity index is 904. The molecular weight excluding hydrogens is 386 g/mol. The maximum Gasteiger partial charge on any atom is 0.243 e. The number of halogens is 1. The van der Waals surface area contributed by atoms with Gasteiger partial charge in [-0.15, -0.1) is 12.4 Å². The molecular formula is C19H24ClN3O3S. The average molecular weight is 410 g/mol. The molecule has 1 aliphatic rings. The highest BCUT2D eigenvalue weighted by atomic mass is 35.5. The molecule has 1 aliphatic heterocycles. The molecule has 1 atom stereocenters. The summed E-state index contributed by atoms with van der Waals surface area (Å²) in [5.74, 6) is -0.560. The van der Waals surface area contributed by atoms with Crippen LogP contribution in [0.4, 0.5) is 11.4 Å². The molecule has 2 aromatic rings. The highest BCUT2D eigenvalue weighted by molar-refractivity contribution is 7.89. The smallest absolute Gasteiger partial charge is 0.243 e. The lowest BCUT2D eigenvalue weighted by Crippen LogP contribution is -2.43. The average Bonchev–Trinajstić information content (AvgIpc) is 2.65. The Labute approximate surface area is 166 Å². The first kappa shape index (κ1) is 21.2. The second-order valence-electron chi connectivity index (χ2n) is 6.58.